The van der Waals surface area contributed by atoms with E-state index in [1.807, 2.05) is 0 Å². The smallest absolute Gasteiger partial charge is 0.194 e. The van der Waals surface area contributed by atoms with E-state index >= 15 is 0 Å². The van der Waals surface area contributed by atoms with Crippen LogP contribution in [0.4, 0.5) is 0 Å². The van der Waals surface area contributed by atoms with Crippen molar-refractivity contribution in [2.24, 2.45) is 0 Å². The highest BCUT2D eigenvalue weighted by Crippen LogP contribution is 2.25. The summed E-state index contributed by atoms with van der Waals surface area (Å²) < 4.78 is 30.1. The number of aromatic nitrogens is 4. The number of hydrogen-bond donors (Lipinski definition) is 0. The molecule has 0 radical (unpaired) electrons. The number of tetrazole rings is 1. The van der Waals surface area contributed by atoms with Crippen LogP contribution < -0.4 is 4.74 Å². The van der Waals surface area contributed by atoms with E-state index in [0.717, 1.165) is 6.26 Å². The molecule has 25 heavy (non-hydrogen) atoms. The molecular weight excluding hydrogens is 387 g/mol. The SMILES string of the molecule is CS(=O)(=O)c1ccc(-n2nnnc2COc2cc(Cl)cc(Cl)c2)cc1. The minimum absolute atomic E-state index is 0.0809. The van der Waals surface area contributed by atoms with Gasteiger partial charge in [-0.3, -0.25) is 0 Å². The van der Waals surface area contributed by atoms with Crippen molar-refractivity contribution in [2.75, 3.05) is 6.26 Å². The van der Waals surface area contributed by atoms with E-state index < -0.39 is 9.84 Å². The summed E-state index contributed by atoms with van der Waals surface area (Å²) >= 11 is 11.9. The summed E-state index contributed by atoms with van der Waals surface area (Å²) in [4.78, 5) is 0.218. The van der Waals surface area contributed by atoms with Crippen molar-refractivity contribution in [2.45, 2.75) is 11.5 Å². The van der Waals surface area contributed by atoms with Crippen molar-refractivity contribution < 1.29 is 13.2 Å². The Hall–Kier alpha value is -2.16. The molecule has 7 nitrogen and oxygen atoms in total. The molecule has 1 aromatic heterocycles. The van der Waals surface area contributed by atoms with Gasteiger partial charge in [-0.1, -0.05) is 23.2 Å². The molecule has 3 rings (SSSR count). The summed E-state index contributed by atoms with van der Waals surface area (Å²) in [6.07, 6.45) is 1.15. The van der Waals surface area contributed by atoms with Gasteiger partial charge < -0.3 is 4.74 Å². The molecule has 130 valence electrons. The second-order valence-corrected chi connectivity index (χ2v) is 8.06. The molecule has 0 atom stereocenters. The monoisotopic (exact) mass is 398 g/mol. The quantitative estimate of drug-likeness (QED) is 0.656. The number of halogens is 2. The van der Waals surface area contributed by atoms with E-state index in [4.69, 9.17) is 27.9 Å². The summed E-state index contributed by atoms with van der Waals surface area (Å²) in [5.74, 6) is 0.919. The second-order valence-electron chi connectivity index (χ2n) is 5.17. The Morgan fingerprint density at radius 1 is 1.08 bits per heavy atom. The zero-order valence-corrected chi connectivity index (χ0v) is 15.3. The average molecular weight is 399 g/mol. The molecule has 1 heterocycles. The van der Waals surface area contributed by atoms with Gasteiger partial charge in [0.15, 0.2) is 15.7 Å². The third kappa shape index (κ3) is 4.28. The van der Waals surface area contributed by atoms with Crippen LogP contribution in [-0.2, 0) is 16.4 Å². The average Bonchev–Trinajstić information content (AvgIpc) is 3.00. The maximum atomic E-state index is 11.5. The minimum Gasteiger partial charge on any atom is -0.485 e. The third-order valence-corrected chi connectivity index (χ3v) is 4.81. The fourth-order valence-electron chi connectivity index (χ4n) is 2.09. The molecule has 0 spiro atoms. The van der Waals surface area contributed by atoms with E-state index in [0.29, 0.717) is 27.3 Å². The first-order valence-corrected chi connectivity index (χ1v) is 9.64. The maximum Gasteiger partial charge on any atom is 0.194 e. The molecule has 0 amide bonds. The number of rotatable bonds is 5. The second kappa shape index (κ2) is 6.99. The summed E-state index contributed by atoms with van der Waals surface area (Å²) in [5.41, 5.74) is 0.611. The molecule has 0 N–H and O–H groups in total. The molecular formula is C15H12Cl2N4O3S. The van der Waals surface area contributed by atoms with Crippen LogP contribution in [0.25, 0.3) is 5.69 Å². The van der Waals surface area contributed by atoms with Gasteiger partial charge in [0.2, 0.25) is 0 Å². The number of sulfone groups is 1. The zero-order valence-electron chi connectivity index (χ0n) is 12.9. The minimum atomic E-state index is -3.26. The Morgan fingerprint density at radius 3 is 2.32 bits per heavy atom. The normalized spacial score (nSPS) is 11.5. The van der Waals surface area contributed by atoms with Crippen molar-refractivity contribution >= 4 is 33.0 Å². The van der Waals surface area contributed by atoms with Gasteiger partial charge in [0, 0.05) is 16.3 Å². The lowest BCUT2D eigenvalue weighted by Gasteiger charge is -2.08. The molecule has 0 unspecified atom stereocenters. The van der Waals surface area contributed by atoms with Gasteiger partial charge in [-0.05, 0) is 52.9 Å². The van der Waals surface area contributed by atoms with Crippen LogP contribution in [0, 0.1) is 0 Å². The topological polar surface area (TPSA) is 87.0 Å². The number of ether oxygens (including phenoxy) is 1. The molecule has 0 saturated carbocycles. The summed E-state index contributed by atoms with van der Waals surface area (Å²) in [6.45, 7) is 0.0809. The molecule has 0 saturated heterocycles. The first-order chi connectivity index (χ1) is 11.8. The highest BCUT2D eigenvalue weighted by Gasteiger charge is 2.12. The first kappa shape index (κ1) is 17.7. The van der Waals surface area contributed by atoms with Crippen LogP contribution in [0.5, 0.6) is 5.75 Å². The van der Waals surface area contributed by atoms with Crippen LogP contribution in [0.1, 0.15) is 5.82 Å². The molecule has 10 heteroatoms. The first-order valence-electron chi connectivity index (χ1n) is 6.99. The van der Waals surface area contributed by atoms with Crippen LogP contribution in [-0.4, -0.2) is 34.9 Å². The molecule has 0 bridgehead atoms. The van der Waals surface area contributed by atoms with E-state index in [1.54, 1.807) is 30.3 Å². The van der Waals surface area contributed by atoms with Crippen molar-refractivity contribution in [1.29, 1.82) is 0 Å². The van der Waals surface area contributed by atoms with Crippen LogP contribution in [0.15, 0.2) is 47.4 Å². The Labute approximate surface area is 154 Å². The van der Waals surface area contributed by atoms with Crippen molar-refractivity contribution in [3.8, 4) is 11.4 Å². The van der Waals surface area contributed by atoms with Gasteiger partial charge in [-0.15, -0.1) is 5.10 Å². The van der Waals surface area contributed by atoms with Crippen molar-refractivity contribution in [3.63, 3.8) is 0 Å². The molecule has 3 aromatic rings. The Balaban J connectivity index is 1.81. The summed E-state index contributed by atoms with van der Waals surface area (Å²) in [5, 5.41) is 12.4. The molecule has 0 aliphatic carbocycles. The van der Waals surface area contributed by atoms with E-state index in [2.05, 4.69) is 15.5 Å². The molecule has 0 aliphatic heterocycles. The Morgan fingerprint density at radius 2 is 1.72 bits per heavy atom. The lowest BCUT2D eigenvalue weighted by molar-refractivity contribution is 0.292. The van der Waals surface area contributed by atoms with Crippen LogP contribution in [0.3, 0.4) is 0 Å². The predicted molar refractivity (Wildman–Crippen MR) is 93.1 cm³/mol. The van der Waals surface area contributed by atoms with Gasteiger partial charge in [0.25, 0.3) is 0 Å². The Kier molecular flexibility index (Phi) is 4.94. The van der Waals surface area contributed by atoms with Crippen LogP contribution in [0.2, 0.25) is 10.0 Å². The lowest BCUT2D eigenvalue weighted by Crippen LogP contribution is -2.07. The van der Waals surface area contributed by atoms with Gasteiger partial charge in [-0.2, -0.15) is 4.68 Å². The van der Waals surface area contributed by atoms with Gasteiger partial charge in [0.1, 0.15) is 12.4 Å². The zero-order chi connectivity index (χ0) is 18.0. The number of hydrogen-bond acceptors (Lipinski definition) is 6. The summed E-state index contributed by atoms with van der Waals surface area (Å²) in [6, 6.07) is 11.1. The van der Waals surface area contributed by atoms with Gasteiger partial charge in [0.05, 0.1) is 10.6 Å². The summed E-state index contributed by atoms with van der Waals surface area (Å²) in [7, 11) is -3.26. The number of benzene rings is 2. The third-order valence-electron chi connectivity index (χ3n) is 3.25. The molecule has 0 fully saturated rings. The highest BCUT2D eigenvalue weighted by molar-refractivity contribution is 7.90. The molecule has 0 aliphatic rings. The van der Waals surface area contributed by atoms with E-state index in [9.17, 15) is 8.42 Å². The highest BCUT2D eigenvalue weighted by atomic mass is 35.5. The largest absolute Gasteiger partial charge is 0.485 e. The maximum absolute atomic E-state index is 11.5. The predicted octanol–water partition coefficient (Wildman–Crippen LogP) is 2.95. The fourth-order valence-corrected chi connectivity index (χ4v) is 3.23. The van der Waals surface area contributed by atoms with Crippen molar-refractivity contribution in [1.82, 2.24) is 20.2 Å². The lowest BCUT2D eigenvalue weighted by atomic mass is 10.3. The molecule has 2 aromatic carbocycles. The van der Waals surface area contributed by atoms with Gasteiger partial charge >= 0.3 is 0 Å². The standard InChI is InChI=1S/C15H12Cl2N4O3S/c1-25(22,23)14-4-2-12(3-5-14)21-15(18-19-20-21)9-24-13-7-10(16)6-11(17)8-13/h2-8H,9H2,1H3. The van der Waals surface area contributed by atoms with Crippen molar-refractivity contribution in [3.05, 3.63) is 58.3 Å². The Bertz CT molecular complexity index is 984. The van der Waals surface area contributed by atoms with E-state index in [-0.39, 0.29) is 11.5 Å². The number of nitrogens with zero attached hydrogens (tertiary/aromatic N) is 4. The van der Waals surface area contributed by atoms with E-state index in [1.165, 1.54) is 16.8 Å². The van der Waals surface area contributed by atoms with Crippen LogP contribution >= 0.6 is 23.2 Å². The van der Waals surface area contributed by atoms with Gasteiger partial charge in [-0.25, -0.2) is 8.42 Å². The fraction of sp³-hybridized carbons (Fsp3) is 0.133.